The summed E-state index contributed by atoms with van der Waals surface area (Å²) in [5.41, 5.74) is 0.371. The third-order valence-corrected chi connectivity index (χ3v) is 3.82. The van der Waals surface area contributed by atoms with Crippen molar-refractivity contribution in [2.45, 2.75) is 37.6 Å². The normalized spacial score (nSPS) is 28.9. The van der Waals surface area contributed by atoms with Crippen molar-refractivity contribution in [1.29, 1.82) is 0 Å². The molecule has 9 nitrogen and oxygen atoms in total. The molecule has 1 amide bonds. The van der Waals surface area contributed by atoms with E-state index in [1.54, 1.807) is 0 Å². The standard InChI is InChI=1S/C16H21NO8/c1-8(20)17-13-15(22)14(21)12(7-19)25-16(13)24-10-4-3-9(6-18)5-11(10)23-2/h3-6,12-16,19,21-22H,7H2,1-2H3,(H,17,20)/t12-,13+,14-,15+,16+/m1/s1. The van der Waals surface area contributed by atoms with Crippen LogP contribution in [0.25, 0.3) is 0 Å². The van der Waals surface area contributed by atoms with Crippen LogP contribution in [0.4, 0.5) is 0 Å². The van der Waals surface area contributed by atoms with Crippen molar-refractivity contribution in [3.8, 4) is 11.5 Å². The first kappa shape index (κ1) is 19.1. The van der Waals surface area contributed by atoms with Gasteiger partial charge in [-0.2, -0.15) is 0 Å². The lowest BCUT2D eigenvalue weighted by Crippen LogP contribution is -2.65. The predicted molar refractivity (Wildman–Crippen MR) is 84.4 cm³/mol. The van der Waals surface area contributed by atoms with Gasteiger partial charge < -0.3 is 34.8 Å². The molecule has 2 rings (SSSR count). The van der Waals surface area contributed by atoms with Gasteiger partial charge >= 0.3 is 0 Å². The average Bonchev–Trinajstić information content (AvgIpc) is 2.61. The fourth-order valence-electron chi connectivity index (χ4n) is 2.55. The van der Waals surface area contributed by atoms with Crippen LogP contribution < -0.4 is 14.8 Å². The molecule has 1 aliphatic rings. The molecule has 4 N–H and O–H groups in total. The van der Waals surface area contributed by atoms with Crippen LogP contribution in [0.1, 0.15) is 17.3 Å². The molecule has 1 aliphatic heterocycles. The molecule has 0 bridgehead atoms. The van der Waals surface area contributed by atoms with E-state index in [1.165, 1.54) is 32.2 Å². The van der Waals surface area contributed by atoms with E-state index in [4.69, 9.17) is 14.2 Å². The van der Waals surface area contributed by atoms with Gasteiger partial charge in [0, 0.05) is 12.5 Å². The van der Waals surface area contributed by atoms with E-state index in [9.17, 15) is 24.9 Å². The zero-order valence-corrected chi connectivity index (χ0v) is 13.8. The first-order valence-electron chi connectivity index (χ1n) is 7.60. The summed E-state index contributed by atoms with van der Waals surface area (Å²) in [5, 5.41) is 32.0. The number of benzene rings is 1. The maximum absolute atomic E-state index is 11.4. The van der Waals surface area contributed by atoms with Crippen LogP contribution in [-0.2, 0) is 9.53 Å². The molecular formula is C16H21NO8. The van der Waals surface area contributed by atoms with Crippen molar-refractivity contribution in [2.24, 2.45) is 0 Å². The summed E-state index contributed by atoms with van der Waals surface area (Å²) in [6.45, 7) is 0.694. The molecule has 0 radical (unpaired) electrons. The van der Waals surface area contributed by atoms with Crippen molar-refractivity contribution in [2.75, 3.05) is 13.7 Å². The molecular weight excluding hydrogens is 334 g/mol. The number of amides is 1. The Morgan fingerprint density at radius 2 is 2.04 bits per heavy atom. The number of methoxy groups -OCH3 is 1. The number of hydrogen-bond acceptors (Lipinski definition) is 8. The second kappa shape index (κ2) is 8.26. The number of carbonyl (C=O) groups is 2. The second-order valence-corrected chi connectivity index (χ2v) is 5.58. The summed E-state index contributed by atoms with van der Waals surface area (Å²) < 4.78 is 16.3. The summed E-state index contributed by atoms with van der Waals surface area (Å²) in [7, 11) is 1.39. The van der Waals surface area contributed by atoms with E-state index in [2.05, 4.69) is 5.32 Å². The maximum atomic E-state index is 11.4. The minimum atomic E-state index is -1.42. The minimum absolute atomic E-state index is 0.203. The van der Waals surface area contributed by atoms with Gasteiger partial charge in [0.25, 0.3) is 0 Å². The molecule has 5 atom stereocenters. The van der Waals surface area contributed by atoms with Crippen LogP contribution in [0, 0.1) is 0 Å². The molecule has 25 heavy (non-hydrogen) atoms. The highest BCUT2D eigenvalue weighted by Crippen LogP contribution is 2.31. The average molecular weight is 355 g/mol. The molecule has 1 aromatic carbocycles. The van der Waals surface area contributed by atoms with Gasteiger partial charge in [-0.3, -0.25) is 9.59 Å². The van der Waals surface area contributed by atoms with Crippen LogP contribution in [0.15, 0.2) is 18.2 Å². The Labute approximate surface area is 144 Å². The van der Waals surface area contributed by atoms with E-state index in [0.29, 0.717) is 11.8 Å². The van der Waals surface area contributed by atoms with Gasteiger partial charge in [0.2, 0.25) is 12.2 Å². The lowest BCUT2D eigenvalue weighted by atomic mass is 9.97. The van der Waals surface area contributed by atoms with Crippen LogP contribution >= 0.6 is 0 Å². The Hall–Kier alpha value is -2.20. The monoisotopic (exact) mass is 355 g/mol. The number of ether oxygens (including phenoxy) is 3. The third-order valence-electron chi connectivity index (χ3n) is 3.82. The molecule has 1 fully saturated rings. The smallest absolute Gasteiger partial charge is 0.223 e. The molecule has 1 aromatic rings. The highest BCUT2D eigenvalue weighted by Gasteiger charge is 2.46. The van der Waals surface area contributed by atoms with Gasteiger partial charge in [-0.05, 0) is 18.2 Å². The van der Waals surface area contributed by atoms with Gasteiger partial charge in [-0.15, -0.1) is 0 Å². The Kier molecular flexibility index (Phi) is 6.32. The molecule has 0 unspecified atom stereocenters. The Morgan fingerprint density at radius 1 is 1.32 bits per heavy atom. The zero-order valence-electron chi connectivity index (χ0n) is 13.8. The molecule has 9 heteroatoms. The number of carbonyl (C=O) groups excluding carboxylic acids is 2. The van der Waals surface area contributed by atoms with E-state index in [1.807, 2.05) is 0 Å². The molecule has 0 aromatic heterocycles. The number of hydrogen-bond donors (Lipinski definition) is 4. The first-order valence-corrected chi connectivity index (χ1v) is 7.60. The van der Waals surface area contributed by atoms with E-state index < -0.39 is 43.2 Å². The third kappa shape index (κ3) is 4.26. The summed E-state index contributed by atoms with van der Waals surface area (Å²) in [5.74, 6) is -0.0103. The number of aliphatic hydroxyl groups excluding tert-OH is 3. The number of rotatable bonds is 6. The highest BCUT2D eigenvalue weighted by atomic mass is 16.7. The molecule has 1 heterocycles. The Bertz CT molecular complexity index is 622. The Balaban J connectivity index is 2.29. The topological polar surface area (TPSA) is 135 Å². The predicted octanol–water partition coefficient (Wildman–Crippen LogP) is -1.17. The van der Waals surface area contributed by atoms with Crippen LogP contribution in [0.5, 0.6) is 11.5 Å². The van der Waals surface area contributed by atoms with Crippen molar-refractivity contribution in [3.63, 3.8) is 0 Å². The van der Waals surface area contributed by atoms with Crippen molar-refractivity contribution < 1.29 is 39.1 Å². The van der Waals surface area contributed by atoms with Gasteiger partial charge in [0.1, 0.15) is 30.6 Å². The first-order chi connectivity index (χ1) is 11.9. The number of aldehydes is 1. The summed E-state index contributed by atoms with van der Waals surface area (Å²) in [6.07, 6.45) is -4.47. The van der Waals surface area contributed by atoms with Crippen molar-refractivity contribution in [1.82, 2.24) is 5.32 Å². The van der Waals surface area contributed by atoms with Crippen LogP contribution in [0.2, 0.25) is 0 Å². The highest BCUT2D eigenvalue weighted by molar-refractivity contribution is 5.76. The van der Waals surface area contributed by atoms with Gasteiger partial charge in [0.15, 0.2) is 11.5 Å². The number of aliphatic hydroxyl groups is 3. The quantitative estimate of drug-likeness (QED) is 0.469. The summed E-state index contributed by atoms with van der Waals surface area (Å²) >= 11 is 0. The largest absolute Gasteiger partial charge is 0.493 e. The zero-order chi connectivity index (χ0) is 18.6. The molecule has 138 valence electrons. The minimum Gasteiger partial charge on any atom is -0.493 e. The lowest BCUT2D eigenvalue weighted by molar-refractivity contribution is -0.244. The summed E-state index contributed by atoms with van der Waals surface area (Å²) in [4.78, 5) is 22.2. The van der Waals surface area contributed by atoms with Crippen molar-refractivity contribution in [3.05, 3.63) is 23.8 Å². The van der Waals surface area contributed by atoms with Gasteiger partial charge in [-0.1, -0.05) is 0 Å². The fourth-order valence-corrected chi connectivity index (χ4v) is 2.55. The fraction of sp³-hybridized carbons (Fsp3) is 0.500. The molecule has 1 saturated heterocycles. The van der Waals surface area contributed by atoms with Crippen LogP contribution in [-0.4, -0.2) is 71.9 Å². The van der Waals surface area contributed by atoms with Crippen molar-refractivity contribution >= 4 is 12.2 Å². The number of nitrogens with one attached hydrogen (secondary N) is 1. The van der Waals surface area contributed by atoms with E-state index in [0.717, 1.165) is 0 Å². The Morgan fingerprint density at radius 3 is 2.60 bits per heavy atom. The molecule has 0 aliphatic carbocycles. The summed E-state index contributed by atoms with van der Waals surface area (Å²) in [6, 6.07) is 3.34. The maximum Gasteiger partial charge on any atom is 0.223 e. The second-order valence-electron chi connectivity index (χ2n) is 5.58. The van der Waals surface area contributed by atoms with Gasteiger partial charge in [-0.25, -0.2) is 0 Å². The molecule has 0 saturated carbocycles. The lowest BCUT2D eigenvalue weighted by Gasteiger charge is -2.42. The van der Waals surface area contributed by atoms with Crippen LogP contribution in [0.3, 0.4) is 0 Å². The molecule has 0 spiro atoms. The van der Waals surface area contributed by atoms with E-state index >= 15 is 0 Å². The van der Waals surface area contributed by atoms with E-state index in [-0.39, 0.29) is 11.5 Å². The van der Waals surface area contributed by atoms with Gasteiger partial charge in [0.05, 0.1) is 13.7 Å². The SMILES string of the molecule is COc1cc(C=O)ccc1O[C@H]1O[C@H](CO)[C@@H](O)[C@@H](O)[C@@H]1NC(C)=O.